The average molecular weight is 370 g/mol. The van der Waals surface area contributed by atoms with Crippen molar-refractivity contribution in [2.24, 2.45) is 0 Å². The van der Waals surface area contributed by atoms with Crippen molar-refractivity contribution in [1.82, 2.24) is 15.0 Å². The van der Waals surface area contributed by atoms with Gasteiger partial charge in [-0.25, -0.2) is 4.79 Å². The number of anilines is 1. The largest absolute Gasteiger partial charge is 0.376 e. The number of hydrogen-bond donors (Lipinski definition) is 1. The third-order valence-corrected chi connectivity index (χ3v) is 5.14. The zero-order valence-electron chi connectivity index (χ0n) is 15.7. The van der Waals surface area contributed by atoms with Crippen LogP contribution in [0, 0.1) is 6.92 Å². The third kappa shape index (κ3) is 4.66. The Hall–Kier alpha value is -2.41. The number of benzene rings is 1. The van der Waals surface area contributed by atoms with Crippen molar-refractivity contribution < 1.29 is 14.1 Å². The molecule has 144 valence electrons. The summed E-state index contributed by atoms with van der Waals surface area (Å²) in [7, 11) is 0. The molecule has 1 aromatic heterocycles. The maximum atomic E-state index is 12.6. The molecule has 1 saturated heterocycles. The molecule has 7 nitrogen and oxygen atoms in total. The first-order chi connectivity index (χ1) is 13.2. The van der Waals surface area contributed by atoms with Gasteiger partial charge in [-0.15, -0.1) is 0 Å². The number of urea groups is 1. The van der Waals surface area contributed by atoms with E-state index in [9.17, 15) is 4.79 Å². The molecule has 1 aromatic carbocycles. The molecule has 2 aliphatic rings. The third-order valence-electron chi connectivity index (χ3n) is 5.14. The van der Waals surface area contributed by atoms with Crippen molar-refractivity contribution in [3.05, 3.63) is 41.5 Å². The summed E-state index contributed by atoms with van der Waals surface area (Å²) in [6, 6.07) is 7.74. The Kier molecular flexibility index (Phi) is 5.38. The number of hydrogen-bond acceptors (Lipinski definition) is 5. The van der Waals surface area contributed by atoms with Crippen LogP contribution >= 0.6 is 0 Å². The first-order valence-corrected chi connectivity index (χ1v) is 9.74. The van der Waals surface area contributed by atoms with Crippen molar-refractivity contribution in [3.8, 4) is 0 Å². The maximum absolute atomic E-state index is 12.6. The molecule has 4 rings (SSSR count). The summed E-state index contributed by atoms with van der Waals surface area (Å²) in [6.45, 7) is 3.90. The van der Waals surface area contributed by atoms with Gasteiger partial charge in [0, 0.05) is 31.1 Å². The van der Waals surface area contributed by atoms with Crippen LogP contribution < -0.4 is 5.32 Å². The van der Waals surface area contributed by atoms with Crippen LogP contribution in [0.15, 0.2) is 28.8 Å². The molecule has 1 aliphatic heterocycles. The van der Waals surface area contributed by atoms with Gasteiger partial charge in [0.25, 0.3) is 0 Å². The Morgan fingerprint density at radius 1 is 1.33 bits per heavy atom. The van der Waals surface area contributed by atoms with Crippen LogP contribution in [0.5, 0.6) is 0 Å². The van der Waals surface area contributed by atoms with E-state index < -0.39 is 0 Å². The van der Waals surface area contributed by atoms with Gasteiger partial charge in [-0.3, -0.25) is 0 Å². The monoisotopic (exact) mass is 370 g/mol. The molecule has 0 bridgehead atoms. The topological polar surface area (TPSA) is 80.5 Å². The van der Waals surface area contributed by atoms with Gasteiger partial charge in [-0.1, -0.05) is 23.4 Å². The number of carbonyl (C=O) groups is 1. The highest BCUT2D eigenvalue weighted by atomic mass is 16.5. The van der Waals surface area contributed by atoms with E-state index in [1.54, 1.807) is 0 Å². The predicted molar refractivity (Wildman–Crippen MR) is 101 cm³/mol. The minimum Gasteiger partial charge on any atom is -0.376 e. The molecule has 2 amide bonds. The lowest BCUT2D eigenvalue weighted by Crippen LogP contribution is -2.45. The first-order valence-electron chi connectivity index (χ1n) is 9.74. The van der Waals surface area contributed by atoms with Crippen LogP contribution in [-0.4, -0.2) is 46.9 Å². The SMILES string of the molecule is Cc1ccccc1NC(=O)N1CCCC(OCCc2noc(C3CC3)n2)C1. The lowest BCUT2D eigenvalue weighted by molar-refractivity contribution is 0.0120. The van der Waals surface area contributed by atoms with Crippen molar-refractivity contribution in [3.63, 3.8) is 0 Å². The molecule has 0 spiro atoms. The van der Waals surface area contributed by atoms with Crippen LogP contribution in [0.1, 0.15) is 48.9 Å². The van der Waals surface area contributed by atoms with Gasteiger partial charge in [0.15, 0.2) is 5.82 Å². The number of likely N-dealkylation sites (tertiary alicyclic amines) is 1. The Labute approximate surface area is 159 Å². The number of aryl methyl sites for hydroxylation is 1. The van der Waals surface area contributed by atoms with E-state index in [0.717, 1.165) is 49.4 Å². The zero-order chi connectivity index (χ0) is 18.6. The summed E-state index contributed by atoms with van der Waals surface area (Å²) in [5, 5.41) is 7.02. The van der Waals surface area contributed by atoms with Crippen LogP contribution in [0.4, 0.5) is 10.5 Å². The van der Waals surface area contributed by atoms with Crippen LogP contribution in [0.25, 0.3) is 0 Å². The highest BCUT2D eigenvalue weighted by molar-refractivity contribution is 5.90. The van der Waals surface area contributed by atoms with Gasteiger partial charge in [0.05, 0.1) is 12.7 Å². The highest BCUT2D eigenvalue weighted by Crippen LogP contribution is 2.38. The standard InChI is InChI=1S/C20H26N4O3/c1-14-5-2-3-7-17(14)21-20(25)24-11-4-6-16(13-24)26-12-10-18-22-19(27-23-18)15-8-9-15/h2-3,5,7,15-16H,4,6,8-13H2,1H3,(H,21,25). The number of para-hydroxylation sites is 1. The fraction of sp³-hybridized carbons (Fsp3) is 0.550. The Morgan fingerprint density at radius 3 is 3.00 bits per heavy atom. The highest BCUT2D eigenvalue weighted by Gasteiger charge is 2.29. The summed E-state index contributed by atoms with van der Waals surface area (Å²) in [5.74, 6) is 1.95. The van der Waals surface area contributed by atoms with E-state index in [0.29, 0.717) is 31.3 Å². The minimum absolute atomic E-state index is 0.0520. The van der Waals surface area contributed by atoms with Crippen molar-refractivity contribution >= 4 is 11.7 Å². The molecule has 0 radical (unpaired) electrons. The Balaban J connectivity index is 1.23. The van der Waals surface area contributed by atoms with Gasteiger partial charge < -0.3 is 19.5 Å². The van der Waals surface area contributed by atoms with E-state index >= 15 is 0 Å². The van der Waals surface area contributed by atoms with Crippen molar-refractivity contribution in [2.45, 2.75) is 51.0 Å². The normalized spacial score (nSPS) is 19.9. The van der Waals surface area contributed by atoms with Crippen LogP contribution in [0.2, 0.25) is 0 Å². The van der Waals surface area contributed by atoms with E-state index in [-0.39, 0.29) is 12.1 Å². The second-order valence-corrected chi connectivity index (χ2v) is 7.40. The second-order valence-electron chi connectivity index (χ2n) is 7.40. The molecule has 1 unspecified atom stereocenters. The lowest BCUT2D eigenvalue weighted by atomic mass is 10.1. The molecule has 7 heteroatoms. The molecular weight excluding hydrogens is 344 g/mol. The molecule has 1 N–H and O–H groups in total. The minimum atomic E-state index is -0.0650. The Morgan fingerprint density at radius 2 is 2.19 bits per heavy atom. The van der Waals surface area contributed by atoms with Crippen LogP contribution in [0.3, 0.4) is 0 Å². The first kappa shape index (κ1) is 18.0. The molecule has 2 aromatic rings. The second kappa shape index (κ2) is 8.08. The number of aromatic nitrogens is 2. The smallest absolute Gasteiger partial charge is 0.321 e. The van der Waals surface area contributed by atoms with Crippen molar-refractivity contribution in [1.29, 1.82) is 0 Å². The summed E-state index contributed by atoms with van der Waals surface area (Å²) in [6.07, 6.45) is 4.91. The fourth-order valence-electron chi connectivity index (χ4n) is 3.35. The average Bonchev–Trinajstić information content (AvgIpc) is 3.43. The number of rotatable bonds is 6. The Bertz CT molecular complexity index is 787. The molecule has 27 heavy (non-hydrogen) atoms. The van der Waals surface area contributed by atoms with Crippen LogP contribution in [-0.2, 0) is 11.2 Å². The molecule has 2 heterocycles. The summed E-state index contributed by atoms with van der Waals surface area (Å²) >= 11 is 0. The van der Waals surface area contributed by atoms with Crippen molar-refractivity contribution in [2.75, 3.05) is 25.0 Å². The molecular formula is C20H26N4O3. The predicted octanol–water partition coefficient (Wildman–Crippen LogP) is 3.51. The maximum Gasteiger partial charge on any atom is 0.321 e. The molecule has 1 saturated carbocycles. The molecule has 1 aliphatic carbocycles. The number of amides is 2. The number of nitrogens with one attached hydrogen (secondary N) is 1. The van der Waals surface area contributed by atoms with E-state index in [4.69, 9.17) is 9.26 Å². The van der Waals surface area contributed by atoms with Gasteiger partial charge >= 0.3 is 6.03 Å². The number of ether oxygens (including phenoxy) is 1. The zero-order valence-corrected chi connectivity index (χ0v) is 15.7. The number of nitrogens with zero attached hydrogens (tertiary/aromatic N) is 3. The van der Waals surface area contributed by atoms with E-state index in [1.165, 1.54) is 0 Å². The van der Waals surface area contributed by atoms with Gasteiger partial charge in [0.2, 0.25) is 5.89 Å². The fourth-order valence-corrected chi connectivity index (χ4v) is 3.35. The van der Waals surface area contributed by atoms with Gasteiger partial charge in [-0.2, -0.15) is 4.98 Å². The van der Waals surface area contributed by atoms with Gasteiger partial charge in [0.1, 0.15) is 0 Å². The molecule has 1 atom stereocenters. The molecule has 2 fully saturated rings. The number of piperidine rings is 1. The lowest BCUT2D eigenvalue weighted by Gasteiger charge is -2.32. The summed E-state index contributed by atoms with van der Waals surface area (Å²) < 4.78 is 11.3. The summed E-state index contributed by atoms with van der Waals surface area (Å²) in [4.78, 5) is 18.8. The van der Waals surface area contributed by atoms with E-state index in [1.807, 2.05) is 36.1 Å². The quantitative estimate of drug-likeness (QED) is 0.842. The summed E-state index contributed by atoms with van der Waals surface area (Å²) in [5.41, 5.74) is 1.91. The number of carbonyl (C=O) groups excluding carboxylic acids is 1. The van der Waals surface area contributed by atoms with E-state index in [2.05, 4.69) is 15.5 Å². The van der Waals surface area contributed by atoms with Gasteiger partial charge in [-0.05, 0) is 44.2 Å².